The van der Waals surface area contributed by atoms with Crippen LogP contribution in [0.2, 0.25) is 0 Å². The molecule has 0 heterocycles. The van der Waals surface area contributed by atoms with Crippen molar-refractivity contribution in [1.82, 2.24) is 0 Å². The van der Waals surface area contributed by atoms with E-state index in [0.29, 0.717) is 0 Å². The second-order valence-electron chi connectivity index (χ2n) is 0.964. The lowest BCUT2D eigenvalue weighted by Crippen LogP contribution is -2.14. The molecule has 0 aliphatic rings. The maximum absolute atomic E-state index is 9.49. The van der Waals surface area contributed by atoms with Crippen molar-refractivity contribution in [2.45, 2.75) is 0 Å². The standard InChI is InChI=1S/2CHO2.Al.H/c2*2-1-3;;/h2*(H,2,3);;. The maximum atomic E-state index is 9.49. The van der Waals surface area contributed by atoms with E-state index in [2.05, 4.69) is 0 Å². The molecule has 0 unspecified atom stereocenters. The molecule has 5 heteroatoms. The zero-order valence-electron chi connectivity index (χ0n) is 3.42. The van der Waals surface area contributed by atoms with Crippen molar-refractivity contribution >= 4 is 24.9 Å². The van der Waals surface area contributed by atoms with E-state index < -0.39 is 24.9 Å². The van der Waals surface area contributed by atoms with Gasteiger partial charge in [0.1, 0.15) is 0 Å². The highest BCUT2D eigenvalue weighted by Gasteiger charge is 2.11. The Kier molecular flexibility index (Phi) is 2.42. The minimum Gasteiger partial charge on any atom is -0.496 e. The maximum Gasteiger partial charge on any atom is 0.572 e. The van der Waals surface area contributed by atoms with Crippen LogP contribution in [0.4, 0.5) is 9.59 Å². The van der Waals surface area contributed by atoms with Gasteiger partial charge in [0.2, 0.25) is 9.66 Å². The van der Waals surface area contributed by atoms with Gasteiger partial charge in [-0.2, -0.15) is 0 Å². The van der Waals surface area contributed by atoms with Gasteiger partial charge in [-0.3, -0.25) is 9.59 Å². The summed E-state index contributed by atoms with van der Waals surface area (Å²) in [5.74, 6) is 0. The minimum absolute atomic E-state index is 1.17. The fourth-order valence-electron chi connectivity index (χ4n) is 0.129. The molecule has 38 valence electrons. The third-order valence-electron chi connectivity index (χ3n) is 0.302. The van der Waals surface area contributed by atoms with E-state index in [9.17, 15) is 9.59 Å². The third kappa shape index (κ3) is 5.47. The second kappa shape index (κ2) is 2.61. The first-order valence-corrected chi connectivity index (χ1v) is 2.98. The number of hydrogen-bond acceptors (Lipinski definition) is 2. The minimum atomic E-state index is -1.89. The predicted octanol–water partition coefficient (Wildman–Crippen LogP) is -0.221. The quantitative estimate of drug-likeness (QED) is 0.491. The summed E-state index contributed by atoms with van der Waals surface area (Å²) in [6, 6.07) is 0. The van der Waals surface area contributed by atoms with E-state index in [-0.39, 0.29) is 0 Å². The Bertz CT molecular complexity index is 85.9. The normalized spacial score (nSPS) is 7.43. The van der Waals surface area contributed by atoms with E-state index in [1.165, 1.54) is 0 Å². The predicted molar refractivity (Wildman–Crippen MR) is 23.2 cm³/mol. The van der Waals surface area contributed by atoms with Crippen LogP contribution in [0, 0.1) is 0 Å². The van der Waals surface area contributed by atoms with Crippen molar-refractivity contribution in [3.63, 3.8) is 0 Å². The van der Waals surface area contributed by atoms with Gasteiger partial charge in [-0.25, -0.2) is 0 Å². The van der Waals surface area contributed by atoms with E-state index >= 15 is 0 Å². The smallest absolute Gasteiger partial charge is 0.496 e. The van der Waals surface area contributed by atoms with E-state index in [1.54, 1.807) is 0 Å². The summed E-state index contributed by atoms with van der Waals surface area (Å²) >= 11 is -1.89. The molecule has 0 saturated heterocycles. The van der Waals surface area contributed by atoms with Crippen molar-refractivity contribution in [2.75, 3.05) is 0 Å². The molecule has 0 aromatic carbocycles. The Morgan fingerprint density at radius 2 is 1.43 bits per heavy atom. The van der Waals surface area contributed by atoms with Crippen LogP contribution in [-0.2, 0) is 0 Å². The molecule has 7 heavy (non-hydrogen) atoms. The van der Waals surface area contributed by atoms with Gasteiger partial charge < -0.3 is 10.2 Å². The zero-order valence-corrected chi connectivity index (χ0v) is 4.83. The molecule has 0 bridgehead atoms. The number of rotatable bonds is 2. The number of carboxylic acid groups (broad SMARTS) is 2. The monoisotopic (exact) mass is 118 g/mol. The summed E-state index contributed by atoms with van der Waals surface area (Å²) < 4.78 is 0. The molecule has 0 spiro atoms. The Morgan fingerprint density at radius 1 is 1.14 bits per heavy atom. The molecule has 0 aromatic heterocycles. The van der Waals surface area contributed by atoms with Crippen LogP contribution >= 0.6 is 0 Å². The van der Waals surface area contributed by atoms with Gasteiger partial charge >= 0.3 is 15.2 Å². The third-order valence-corrected chi connectivity index (χ3v) is 0.907. The van der Waals surface area contributed by atoms with Crippen LogP contribution in [0.25, 0.3) is 0 Å². The van der Waals surface area contributed by atoms with Crippen LogP contribution < -0.4 is 0 Å². The van der Waals surface area contributed by atoms with Gasteiger partial charge in [0.05, 0.1) is 0 Å². The van der Waals surface area contributed by atoms with Crippen LogP contribution in [-0.4, -0.2) is 35.1 Å². The number of hydrogen-bond donors (Lipinski definition) is 2. The summed E-state index contributed by atoms with van der Waals surface area (Å²) in [6.07, 6.45) is 0. The second-order valence-corrected chi connectivity index (χ2v) is 2.53. The summed E-state index contributed by atoms with van der Waals surface area (Å²) in [7, 11) is 0. The van der Waals surface area contributed by atoms with Crippen molar-refractivity contribution < 1.29 is 19.8 Å². The molecular formula is C2H3AlO4. The summed E-state index contributed by atoms with van der Waals surface area (Å²) in [6.45, 7) is 0. The van der Waals surface area contributed by atoms with Crippen molar-refractivity contribution in [1.29, 1.82) is 0 Å². The first-order valence-electron chi connectivity index (χ1n) is 1.56. The molecule has 0 amide bonds. The molecule has 2 N–H and O–H groups in total. The SMILES string of the molecule is O=[C](O)[AlH][C](=O)O. The summed E-state index contributed by atoms with van der Waals surface area (Å²) in [5, 5.41) is 15.5. The highest BCUT2D eigenvalue weighted by molar-refractivity contribution is 6.94. The van der Waals surface area contributed by atoms with Crippen LogP contribution in [0.5, 0.6) is 0 Å². The molecule has 0 atom stereocenters. The van der Waals surface area contributed by atoms with E-state index in [0.717, 1.165) is 0 Å². The van der Waals surface area contributed by atoms with Crippen molar-refractivity contribution in [2.24, 2.45) is 0 Å². The molecule has 0 rings (SSSR count). The molecule has 0 aliphatic carbocycles. The largest absolute Gasteiger partial charge is 0.572 e. The van der Waals surface area contributed by atoms with E-state index in [4.69, 9.17) is 10.2 Å². The molecule has 0 fully saturated rings. The highest BCUT2D eigenvalue weighted by atomic mass is 27.1. The summed E-state index contributed by atoms with van der Waals surface area (Å²) in [4.78, 5) is 16.6. The van der Waals surface area contributed by atoms with Crippen molar-refractivity contribution in [3.8, 4) is 0 Å². The Balaban J connectivity index is 3.32. The number of carbonyl (C=O) groups is 2. The van der Waals surface area contributed by atoms with Crippen LogP contribution in [0.1, 0.15) is 0 Å². The zero-order chi connectivity index (χ0) is 5.86. The van der Waals surface area contributed by atoms with Gasteiger partial charge in [-0.15, -0.1) is 0 Å². The fourth-order valence-corrected chi connectivity index (χ4v) is 0.388. The van der Waals surface area contributed by atoms with Crippen molar-refractivity contribution in [3.05, 3.63) is 0 Å². The van der Waals surface area contributed by atoms with Gasteiger partial charge in [-0.1, -0.05) is 0 Å². The van der Waals surface area contributed by atoms with Crippen LogP contribution in [0.15, 0.2) is 0 Å². The van der Waals surface area contributed by atoms with E-state index in [1.807, 2.05) is 0 Å². The molecule has 0 aromatic rings. The molecule has 0 aliphatic heterocycles. The lowest BCUT2D eigenvalue weighted by atomic mass is 11.5. The van der Waals surface area contributed by atoms with Gasteiger partial charge in [0, 0.05) is 0 Å². The first-order chi connectivity index (χ1) is 3.13. The Labute approximate surface area is 45.5 Å². The lowest BCUT2D eigenvalue weighted by Gasteiger charge is -1.77. The average Bonchev–Trinajstić information content (AvgIpc) is 1.27. The van der Waals surface area contributed by atoms with Gasteiger partial charge in [-0.05, 0) is 0 Å². The molecule has 0 radical (unpaired) electrons. The lowest BCUT2D eigenvalue weighted by molar-refractivity contribution is 0.213. The Morgan fingerprint density at radius 3 is 1.43 bits per heavy atom. The Hall–Kier alpha value is -0.528. The fraction of sp³-hybridized carbons (Fsp3) is 0. The van der Waals surface area contributed by atoms with Crippen LogP contribution in [0.3, 0.4) is 0 Å². The molecule has 4 nitrogen and oxygen atoms in total. The first kappa shape index (κ1) is 6.47. The highest BCUT2D eigenvalue weighted by Crippen LogP contribution is 1.65. The summed E-state index contributed by atoms with van der Waals surface area (Å²) in [5.41, 5.74) is 0. The van der Waals surface area contributed by atoms with Gasteiger partial charge in [0.25, 0.3) is 0 Å². The topological polar surface area (TPSA) is 74.6 Å². The molecule has 0 saturated carbocycles. The molecular weight excluding hydrogens is 115 g/mol. The van der Waals surface area contributed by atoms with Gasteiger partial charge in [0.15, 0.2) is 0 Å². The average molecular weight is 118 g/mol.